The number of nitrogens with one attached hydrogen (secondary N) is 1. The highest BCUT2D eigenvalue weighted by molar-refractivity contribution is 7.99. The van der Waals surface area contributed by atoms with Crippen molar-refractivity contribution in [1.29, 1.82) is 0 Å². The number of para-hydroxylation sites is 1. The number of pyridine rings is 1. The molecule has 0 bridgehead atoms. The zero-order valence-electron chi connectivity index (χ0n) is 25.1. The molecule has 1 saturated heterocycles. The minimum Gasteiger partial charge on any atom is -0.452 e. The van der Waals surface area contributed by atoms with Gasteiger partial charge in [-0.3, -0.25) is 9.78 Å². The van der Waals surface area contributed by atoms with Crippen molar-refractivity contribution in [3.8, 4) is 0 Å². The van der Waals surface area contributed by atoms with E-state index in [-0.39, 0.29) is 12.2 Å². The van der Waals surface area contributed by atoms with Gasteiger partial charge in [0.15, 0.2) is 0 Å². The van der Waals surface area contributed by atoms with E-state index in [9.17, 15) is 9.59 Å². The Morgan fingerprint density at radius 1 is 0.978 bits per heavy atom. The highest BCUT2D eigenvalue weighted by Crippen LogP contribution is 2.31. The zero-order valence-corrected chi connectivity index (χ0v) is 26.6. The number of amides is 2. The number of carbonyl (C=O) groups is 2. The second kappa shape index (κ2) is 16.0. The first-order valence-electron chi connectivity index (χ1n) is 14.9. The smallest absolute Gasteiger partial charge is 0.420 e. The van der Waals surface area contributed by atoms with E-state index < -0.39 is 24.0 Å². The Labute approximate surface area is 273 Å². The molecule has 2 amide bonds. The van der Waals surface area contributed by atoms with E-state index in [1.54, 1.807) is 36.3 Å². The van der Waals surface area contributed by atoms with Crippen LogP contribution in [0.15, 0.2) is 108 Å². The lowest BCUT2D eigenvalue weighted by Crippen LogP contribution is -2.50. The van der Waals surface area contributed by atoms with Crippen molar-refractivity contribution in [1.82, 2.24) is 10.3 Å². The van der Waals surface area contributed by atoms with Crippen LogP contribution in [-0.2, 0) is 20.7 Å². The number of morpholine rings is 1. The van der Waals surface area contributed by atoms with Gasteiger partial charge in [-0.25, -0.2) is 9.69 Å². The van der Waals surface area contributed by atoms with Gasteiger partial charge in [-0.15, -0.1) is 11.8 Å². The monoisotopic (exact) mass is 644 g/mol. The minimum atomic E-state index is -1.08. The number of anilines is 1. The van der Waals surface area contributed by atoms with Gasteiger partial charge in [-0.05, 0) is 72.0 Å². The van der Waals surface area contributed by atoms with Crippen LogP contribution in [-0.4, -0.2) is 61.2 Å². The summed E-state index contributed by atoms with van der Waals surface area (Å²) in [6, 6.07) is 27.3. The Bertz CT molecular complexity index is 1510. The SMILES string of the molecule is COC(=O)N(C(=O)[C@H](N)[C@H](c1ccccc1)c1ccncc1)c1ccccc1CC[C@@H]1CNC[C@@H](CSc2ccc(Cl)cc2)O1. The number of carbonyl (C=O) groups excluding carboxylic acids is 2. The molecule has 3 N–H and O–H groups in total. The number of halogens is 1. The number of thioether (sulfide) groups is 1. The number of aryl methyl sites for hydroxylation is 1. The summed E-state index contributed by atoms with van der Waals surface area (Å²) < 4.78 is 11.5. The van der Waals surface area contributed by atoms with Gasteiger partial charge in [-0.1, -0.05) is 60.1 Å². The average molecular weight is 645 g/mol. The molecule has 1 fully saturated rings. The number of ether oxygens (including phenoxy) is 2. The maximum Gasteiger partial charge on any atom is 0.420 e. The number of imide groups is 1. The van der Waals surface area contributed by atoms with Gasteiger partial charge in [0, 0.05) is 47.1 Å². The van der Waals surface area contributed by atoms with Gasteiger partial charge >= 0.3 is 6.09 Å². The van der Waals surface area contributed by atoms with Crippen molar-refractivity contribution in [2.24, 2.45) is 5.73 Å². The molecule has 5 rings (SSSR count). The van der Waals surface area contributed by atoms with E-state index in [0.29, 0.717) is 18.5 Å². The molecule has 0 saturated carbocycles. The zero-order chi connectivity index (χ0) is 31.6. The van der Waals surface area contributed by atoms with Gasteiger partial charge in [-0.2, -0.15) is 0 Å². The van der Waals surface area contributed by atoms with Crippen LogP contribution in [0.5, 0.6) is 0 Å². The molecule has 0 aliphatic carbocycles. The number of methoxy groups -OCH3 is 1. The van der Waals surface area contributed by atoms with Crippen LogP contribution in [0, 0.1) is 0 Å². The van der Waals surface area contributed by atoms with Gasteiger partial charge in [0.05, 0.1) is 31.0 Å². The summed E-state index contributed by atoms with van der Waals surface area (Å²) in [5.41, 5.74) is 9.68. The predicted molar refractivity (Wildman–Crippen MR) is 179 cm³/mol. The lowest BCUT2D eigenvalue weighted by molar-refractivity contribution is -0.119. The van der Waals surface area contributed by atoms with Crippen LogP contribution in [0.4, 0.5) is 10.5 Å². The molecule has 2 heterocycles. The molecule has 0 unspecified atom stereocenters. The highest BCUT2D eigenvalue weighted by atomic mass is 35.5. The highest BCUT2D eigenvalue weighted by Gasteiger charge is 2.36. The Hall–Kier alpha value is -3.73. The van der Waals surface area contributed by atoms with E-state index in [0.717, 1.165) is 50.4 Å². The molecule has 1 aliphatic heterocycles. The summed E-state index contributed by atoms with van der Waals surface area (Å²) in [6.45, 7) is 1.50. The van der Waals surface area contributed by atoms with Crippen molar-refractivity contribution in [2.75, 3.05) is 30.9 Å². The van der Waals surface area contributed by atoms with Crippen molar-refractivity contribution in [3.05, 3.63) is 125 Å². The molecule has 1 aliphatic rings. The third-order valence-corrected chi connectivity index (χ3v) is 9.19. The third-order valence-electron chi connectivity index (χ3n) is 7.79. The minimum absolute atomic E-state index is 0.0266. The summed E-state index contributed by atoms with van der Waals surface area (Å²) in [5, 5.41) is 4.21. The van der Waals surface area contributed by atoms with Crippen molar-refractivity contribution >= 4 is 41.1 Å². The molecule has 0 spiro atoms. The number of hydrogen-bond donors (Lipinski definition) is 2. The van der Waals surface area contributed by atoms with Gasteiger partial charge < -0.3 is 20.5 Å². The second-order valence-electron chi connectivity index (χ2n) is 10.8. The molecule has 10 heteroatoms. The number of nitrogens with zero attached hydrogens (tertiary/aromatic N) is 2. The summed E-state index contributed by atoms with van der Waals surface area (Å²) in [7, 11) is 1.26. The van der Waals surface area contributed by atoms with Gasteiger partial charge in [0.25, 0.3) is 5.91 Å². The molecule has 4 aromatic rings. The molecule has 8 nitrogen and oxygen atoms in total. The number of nitrogens with two attached hydrogens (primary N) is 1. The molecule has 234 valence electrons. The Morgan fingerprint density at radius 3 is 2.38 bits per heavy atom. The summed E-state index contributed by atoms with van der Waals surface area (Å²) in [5.74, 6) is -0.259. The molecule has 45 heavy (non-hydrogen) atoms. The predicted octanol–water partition coefficient (Wildman–Crippen LogP) is 6.08. The van der Waals surface area contributed by atoms with E-state index in [2.05, 4.69) is 10.3 Å². The third kappa shape index (κ3) is 8.51. The molecule has 4 atom stereocenters. The number of benzene rings is 3. The molecule has 1 aromatic heterocycles. The molecule has 0 radical (unpaired) electrons. The fourth-order valence-corrected chi connectivity index (χ4v) is 6.58. The first-order chi connectivity index (χ1) is 21.9. The average Bonchev–Trinajstić information content (AvgIpc) is 3.08. The van der Waals surface area contributed by atoms with E-state index in [1.807, 2.05) is 78.9 Å². The quantitative estimate of drug-likeness (QED) is 0.189. The Kier molecular flexibility index (Phi) is 11.6. The van der Waals surface area contributed by atoms with Crippen molar-refractivity contribution in [2.45, 2.75) is 41.9 Å². The van der Waals surface area contributed by atoms with Crippen LogP contribution in [0.3, 0.4) is 0 Å². The summed E-state index contributed by atoms with van der Waals surface area (Å²) in [6.07, 6.45) is 3.85. The second-order valence-corrected chi connectivity index (χ2v) is 12.3. The Morgan fingerprint density at radius 2 is 1.64 bits per heavy atom. The van der Waals surface area contributed by atoms with Crippen LogP contribution < -0.4 is 16.0 Å². The lowest BCUT2D eigenvalue weighted by Gasteiger charge is -2.32. The van der Waals surface area contributed by atoms with Crippen LogP contribution >= 0.6 is 23.4 Å². The van der Waals surface area contributed by atoms with Gasteiger partial charge in [0.2, 0.25) is 0 Å². The number of aromatic nitrogens is 1. The standard InChI is InChI=1S/C35H37ClN4O4S/c1-43-35(42)40(34(41)33(37)32(25-8-3-2-4-9-25)26-17-19-38-20-18-26)31-10-6-5-7-24(31)11-14-28-21-39-22-29(44-28)23-45-30-15-12-27(36)13-16-30/h2-10,12-13,15-20,28-29,32-33,39H,11,14,21-23,37H2,1H3/t28-,29+,32-,33-/m1/s1. The van der Waals surface area contributed by atoms with Crippen molar-refractivity contribution < 1.29 is 19.1 Å². The fourth-order valence-electron chi connectivity index (χ4n) is 5.55. The maximum atomic E-state index is 14.2. The summed E-state index contributed by atoms with van der Waals surface area (Å²) >= 11 is 7.75. The fraction of sp³-hybridized carbons (Fsp3) is 0.286. The normalized spacial score (nSPS) is 17.7. The van der Waals surface area contributed by atoms with Crippen LogP contribution in [0.25, 0.3) is 0 Å². The molecular weight excluding hydrogens is 608 g/mol. The Balaban J connectivity index is 1.31. The van der Waals surface area contributed by atoms with Crippen molar-refractivity contribution in [3.63, 3.8) is 0 Å². The van der Waals surface area contributed by atoms with Gasteiger partial charge in [0.1, 0.15) is 0 Å². The maximum absolute atomic E-state index is 14.2. The first-order valence-corrected chi connectivity index (χ1v) is 16.3. The van der Waals surface area contributed by atoms with E-state index in [4.69, 9.17) is 26.8 Å². The van der Waals surface area contributed by atoms with Crippen LogP contribution in [0.1, 0.15) is 29.0 Å². The van der Waals surface area contributed by atoms with Crippen LogP contribution in [0.2, 0.25) is 5.02 Å². The topological polar surface area (TPSA) is 107 Å². The van der Waals surface area contributed by atoms with E-state index >= 15 is 0 Å². The number of rotatable bonds is 11. The lowest BCUT2D eigenvalue weighted by atomic mass is 9.85. The molecule has 3 aromatic carbocycles. The van der Waals surface area contributed by atoms with E-state index in [1.165, 1.54) is 7.11 Å². The largest absolute Gasteiger partial charge is 0.452 e. The summed E-state index contributed by atoms with van der Waals surface area (Å²) in [4.78, 5) is 33.8. The molecular formula is C35H37ClN4O4S. The first kappa shape index (κ1) is 32.7. The number of hydrogen-bond acceptors (Lipinski definition) is 8.